The summed E-state index contributed by atoms with van der Waals surface area (Å²) < 4.78 is 50.5. The van der Waals surface area contributed by atoms with Crippen LogP contribution in [0, 0.1) is 0 Å². The lowest BCUT2D eigenvalue weighted by molar-refractivity contribution is -0.137. The zero-order valence-electron chi connectivity index (χ0n) is 20.8. The van der Waals surface area contributed by atoms with E-state index in [1.807, 2.05) is 24.3 Å². The molecule has 3 aromatic rings. The zero-order valence-corrected chi connectivity index (χ0v) is 21.6. The zero-order chi connectivity index (χ0) is 27.4. The number of hydrazone groups is 1. The van der Waals surface area contributed by atoms with Crippen molar-refractivity contribution < 1.29 is 27.4 Å². The topological polar surface area (TPSA) is 75.2 Å². The van der Waals surface area contributed by atoms with Gasteiger partial charge >= 0.3 is 6.18 Å². The molecule has 11 heteroatoms. The Morgan fingerprint density at radius 1 is 1.00 bits per heavy atom. The third kappa shape index (κ3) is 5.88. The van der Waals surface area contributed by atoms with E-state index >= 15 is 0 Å². The Hall–Kier alpha value is -4.12. The highest BCUT2D eigenvalue weighted by atomic mass is 32.1. The SMILES string of the molecule is COc1ccc(C2=NN(C(C)=O)C(c3ccc(NC(=S)Nc4ccccc4C(F)(F)F)cc3)C2)cc1OC. The van der Waals surface area contributed by atoms with E-state index in [1.165, 1.54) is 30.1 Å². The second kappa shape index (κ2) is 11.1. The first-order valence-corrected chi connectivity index (χ1v) is 12.0. The van der Waals surface area contributed by atoms with Crippen molar-refractivity contribution in [2.75, 3.05) is 24.9 Å². The first kappa shape index (κ1) is 26.9. The van der Waals surface area contributed by atoms with Crippen LogP contribution < -0.4 is 20.1 Å². The van der Waals surface area contributed by atoms with Gasteiger partial charge in [-0.25, -0.2) is 5.01 Å². The summed E-state index contributed by atoms with van der Waals surface area (Å²) in [5, 5.41) is 11.5. The van der Waals surface area contributed by atoms with Crippen LogP contribution in [0.2, 0.25) is 0 Å². The third-order valence-electron chi connectivity index (χ3n) is 5.98. The molecule has 198 valence electrons. The van der Waals surface area contributed by atoms with Gasteiger partial charge in [0, 0.05) is 24.6 Å². The highest BCUT2D eigenvalue weighted by Crippen LogP contribution is 2.36. The summed E-state index contributed by atoms with van der Waals surface area (Å²) in [5.41, 5.74) is 2.00. The van der Waals surface area contributed by atoms with Crippen LogP contribution >= 0.6 is 12.2 Å². The molecular formula is C27H25F3N4O3S. The highest BCUT2D eigenvalue weighted by molar-refractivity contribution is 7.80. The molecule has 0 aromatic heterocycles. The van der Waals surface area contributed by atoms with Crippen molar-refractivity contribution in [3.8, 4) is 11.5 Å². The fourth-order valence-electron chi connectivity index (χ4n) is 4.16. The van der Waals surface area contributed by atoms with Crippen molar-refractivity contribution in [1.29, 1.82) is 0 Å². The van der Waals surface area contributed by atoms with E-state index in [2.05, 4.69) is 15.7 Å². The van der Waals surface area contributed by atoms with Gasteiger partial charge in [-0.15, -0.1) is 0 Å². The fourth-order valence-corrected chi connectivity index (χ4v) is 4.39. The number of methoxy groups -OCH3 is 2. The second-order valence-corrected chi connectivity index (χ2v) is 8.85. The number of rotatable bonds is 6. The number of carbonyl (C=O) groups excluding carboxylic acids is 1. The van der Waals surface area contributed by atoms with Gasteiger partial charge in [0.05, 0.1) is 37.2 Å². The Kier molecular flexibility index (Phi) is 7.86. The number of nitrogens with one attached hydrogen (secondary N) is 2. The molecule has 3 aromatic carbocycles. The first-order valence-electron chi connectivity index (χ1n) is 11.5. The van der Waals surface area contributed by atoms with E-state index in [-0.39, 0.29) is 22.7 Å². The summed E-state index contributed by atoms with van der Waals surface area (Å²) in [4.78, 5) is 12.4. The standard InChI is InChI=1S/C27H25F3N4O3S/c1-16(35)34-23(15-22(33-34)18-10-13-24(36-2)25(14-18)37-3)17-8-11-19(12-9-17)31-26(38)32-21-7-5-4-6-20(21)27(28,29)30/h4-14,23H,15H2,1-3H3,(H2,31,32,38). The molecule has 4 rings (SSSR count). The Balaban J connectivity index is 1.48. The van der Waals surface area contributed by atoms with E-state index in [9.17, 15) is 18.0 Å². The smallest absolute Gasteiger partial charge is 0.418 e. The number of halogens is 3. The predicted molar refractivity (Wildman–Crippen MR) is 144 cm³/mol. The Morgan fingerprint density at radius 3 is 2.32 bits per heavy atom. The molecule has 0 bridgehead atoms. The first-order chi connectivity index (χ1) is 18.1. The number of benzene rings is 3. The van der Waals surface area contributed by atoms with Crippen LogP contribution in [0.4, 0.5) is 24.5 Å². The van der Waals surface area contributed by atoms with E-state index in [1.54, 1.807) is 32.4 Å². The number of hydrogen-bond donors (Lipinski definition) is 2. The van der Waals surface area contributed by atoms with Crippen molar-refractivity contribution >= 4 is 40.3 Å². The maximum atomic E-state index is 13.3. The molecule has 1 amide bonds. The van der Waals surface area contributed by atoms with Gasteiger partial charge in [0.1, 0.15) is 0 Å². The second-order valence-electron chi connectivity index (χ2n) is 8.44. The summed E-state index contributed by atoms with van der Waals surface area (Å²) >= 11 is 5.22. The van der Waals surface area contributed by atoms with Crippen LogP contribution in [0.5, 0.6) is 11.5 Å². The Bertz CT molecular complexity index is 1380. The van der Waals surface area contributed by atoms with Gasteiger partial charge in [0.25, 0.3) is 0 Å². The molecule has 0 aliphatic carbocycles. The minimum Gasteiger partial charge on any atom is -0.493 e. The molecule has 1 aliphatic rings. The summed E-state index contributed by atoms with van der Waals surface area (Å²) in [5.74, 6) is 0.942. The molecule has 2 N–H and O–H groups in total. The minimum atomic E-state index is -4.51. The van der Waals surface area contributed by atoms with Crippen LogP contribution in [-0.2, 0) is 11.0 Å². The van der Waals surface area contributed by atoms with Gasteiger partial charge in [-0.1, -0.05) is 24.3 Å². The third-order valence-corrected chi connectivity index (χ3v) is 6.19. The number of ether oxygens (including phenoxy) is 2. The van der Waals surface area contributed by atoms with E-state index in [4.69, 9.17) is 21.7 Å². The molecule has 1 unspecified atom stereocenters. The van der Waals surface area contributed by atoms with Crippen molar-refractivity contribution in [2.24, 2.45) is 5.10 Å². The number of amides is 1. The molecule has 0 saturated carbocycles. The van der Waals surface area contributed by atoms with Crippen molar-refractivity contribution in [3.05, 3.63) is 83.4 Å². The normalized spacial score (nSPS) is 15.1. The molecule has 7 nitrogen and oxygen atoms in total. The average Bonchev–Trinajstić information content (AvgIpc) is 3.34. The molecule has 1 aliphatic heterocycles. The predicted octanol–water partition coefficient (Wildman–Crippen LogP) is 6.23. The monoisotopic (exact) mass is 542 g/mol. The molecule has 0 spiro atoms. The summed E-state index contributed by atoms with van der Waals surface area (Å²) in [6.07, 6.45) is -4.03. The summed E-state index contributed by atoms with van der Waals surface area (Å²) in [6.45, 7) is 1.45. The van der Waals surface area contributed by atoms with Crippen LogP contribution in [0.25, 0.3) is 0 Å². The largest absolute Gasteiger partial charge is 0.493 e. The van der Waals surface area contributed by atoms with Gasteiger partial charge < -0.3 is 20.1 Å². The molecule has 1 atom stereocenters. The molecule has 1 heterocycles. The summed E-state index contributed by atoms with van der Waals surface area (Å²) in [6, 6.07) is 17.4. The lowest BCUT2D eigenvalue weighted by Crippen LogP contribution is -2.24. The van der Waals surface area contributed by atoms with Gasteiger partial charge in [-0.3, -0.25) is 4.79 Å². The molecule has 0 saturated heterocycles. The van der Waals surface area contributed by atoms with Gasteiger partial charge in [0.2, 0.25) is 5.91 Å². The summed E-state index contributed by atoms with van der Waals surface area (Å²) in [7, 11) is 3.11. The lowest BCUT2D eigenvalue weighted by Gasteiger charge is -2.21. The molecule has 0 fully saturated rings. The Labute approximate surface area is 223 Å². The van der Waals surface area contributed by atoms with Crippen molar-refractivity contribution in [2.45, 2.75) is 25.6 Å². The quantitative estimate of drug-likeness (QED) is 0.360. The van der Waals surface area contributed by atoms with Gasteiger partial charge in [0.15, 0.2) is 16.6 Å². The number of nitrogens with zero attached hydrogens (tertiary/aromatic N) is 2. The van der Waals surface area contributed by atoms with Crippen LogP contribution in [0.15, 0.2) is 71.8 Å². The maximum absolute atomic E-state index is 13.3. The van der Waals surface area contributed by atoms with E-state index in [0.717, 1.165) is 22.9 Å². The van der Waals surface area contributed by atoms with Crippen LogP contribution in [0.1, 0.15) is 36.1 Å². The van der Waals surface area contributed by atoms with Gasteiger partial charge in [-0.2, -0.15) is 18.3 Å². The van der Waals surface area contributed by atoms with E-state index < -0.39 is 11.7 Å². The van der Waals surface area contributed by atoms with E-state index in [0.29, 0.717) is 23.6 Å². The fraction of sp³-hybridized carbons (Fsp3) is 0.222. The van der Waals surface area contributed by atoms with Gasteiger partial charge in [-0.05, 0) is 60.2 Å². The molecular weight excluding hydrogens is 517 g/mol. The minimum absolute atomic E-state index is 0.0137. The molecule has 38 heavy (non-hydrogen) atoms. The van der Waals surface area contributed by atoms with Crippen molar-refractivity contribution in [1.82, 2.24) is 5.01 Å². The van der Waals surface area contributed by atoms with Crippen LogP contribution in [-0.4, -0.2) is 36.0 Å². The number of carbonyl (C=O) groups is 1. The number of alkyl halides is 3. The average molecular weight is 543 g/mol. The highest BCUT2D eigenvalue weighted by Gasteiger charge is 2.34. The number of thiocarbonyl (C=S) groups is 1. The molecule has 0 radical (unpaired) electrons. The van der Waals surface area contributed by atoms with Crippen molar-refractivity contribution in [3.63, 3.8) is 0 Å². The Morgan fingerprint density at radius 2 is 1.68 bits per heavy atom. The number of para-hydroxylation sites is 1. The lowest BCUT2D eigenvalue weighted by atomic mass is 9.98. The number of hydrogen-bond acceptors (Lipinski definition) is 5. The van der Waals surface area contributed by atoms with Crippen LogP contribution in [0.3, 0.4) is 0 Å². The number of anilines is 2. The maximum Gasteiger partial charge on any atom is 0.418 e.